The Morgan fingerprint density at radius 1 is 1.33 bits per heavy atom. The first-order valence-electron chi connectivity index (χ1n) is 4.78. The Bertz CT molecular complexity index is 458. The quantitative estimate of drug-likeness (QED) is 0.866. The van der Waals surface area contributed by atoms with Crippen LogP contribution in [0.4, 0.5) is 5.69 Å². The number of anilines is 1. The molecule has 0 aliphatic carbocycles. The highest BCUT2D eigenvalue weighted by atomic mass is 35.5. The number of sulfone groups is 1. The number of nitrogens with one attached hydrogen (secondary N) is 1. The number of para-hydroxylation sites is 1. The van der Waals surface area contributed by atoms with Crippen molar-refractivity contribution in [3.05, 3.63) is 29.3 Å². The van der Waals surface area contributed by atoms with E-state index in [9.17, 15) is 8.42 Å². The van der Waals surface area contributed by atoms with Crippen molar-refractivity contribution in [2.75, 3.05) is 16.8 Å². The van der Waals surface area contributed by atoms with Crippen LogP contribution in [0.1, 0.15) is 6.42 Å². The van der Waals surface area contributed by atoms with E-state index in [0.29, 0.717) is 11.4 Å². The van der Waals surface area contributed by atoms with Crippen molar-refractivity contribution in [2.24, 2.45) is 0 Å². The second kappa shape index (κ2) is 4.02. The molecule has 1 aliphatic heterocycles. The van der Waals surface area contributed by atoms with E-state index >= 15 is 0 Å². The second-order valence-electron chi connectivity index (χ2n) is 3.72. The molecule has 5 heteroatoms. The zero-order valence-corrected chi connectivity index (χ0v) is 9.68. The summed E-state index contributed by atoms with van der Waals surface area (Å²) >= 11 is 5.96. The summed E-state index contributed by atoms with van der Waals surface area (Å²) in [6.45, 7) is 0. The summed E-state index contributed by atoms with van der Waals surface area (Å²) in [5, 5.41) is 3.78. The lowest BCUT2D eigenvalue weighted by molar-refractivity contribution is 0.602. The molecule has 1 unspecified atom stereocenters. The normalized spacial score (nSPS) is 23.9. The Morgan fingerprint density at radius 3 is 2.67 bits per heavy atom. The Morgan fingerprint density at radius 2 is 2.07 bits per heavy atom. The third kappa shape index (κ3) is 2.63. The predicted octanol–water partition coefficient (Wildman–Crippen LogP) is 1.94. The maximum Gasteiger partial charge on any atom is 0.152 e. The lowest BCUT2D eigenvalue weighted by Crippen LogP contribution is -2.20. The van der Waals surface area contributed by atoms with Crippen LogP contribution < -0.4 is 5.32 Å². The SMILES string of the molecule is O=S1(=O)CCC(Nc2ccccc2Cl)C1. The minimum atomic E-state index is -2.83. The largest absolute Gasteiger partial charge is 0.380 e. The Labute approximate surface area is 94.4 Å². The van der Waals surface area contributed by atoms with Crippen LogP contribution in [0, 0.1) is 0 Å². The van der Waals surface area contributed by atoms with Gasteiger partial charge in [-0.3, -0.25) is 0 Å². The van der Waals surface area contributed by atoms with Gasteiger partial charge < -0.3 is 5.32 Å². The second-order valence-corrected chi connectivity index (χ2v) is 6.36. The van der Waals surface area contributed by atoms with E-state index < -0.39 is 9.84 Å². The molecule has 15 heavy (non-hydrogen) atoms. The molecule has 2 rings (SSSR count). The molecule has 1 aromatic rings. The van der Waals surface area contributed by atoms with E-state index in [1.54, 1.807) is 6.07 Å². The number of rotatable bonds is 2. The molecule has 0 bridgehead atoms. The number of hydrogen-bond acceptors (Lipinski definition) is 3. The smallest absolute Gasteiger partial charge is 0.152 e. The molecule has 0 aromatic heterocycles. The fourth-order valence-electron chi connectivity index (χ4n) is 1.71. The highest BCUT2D eigenvalue weighted by Crippen LogP contribution is 2.24. The number of benzene rings is 1. The average Bonchev–Trinajstić information content (AvgIpc) is 2.50. The first kappa shape index (κ1) is 10.8. The van der Waals surface area contributed by atoms with Crippen LogP contribution in [0.3, 0.4) is 0 Å². The van der Waals surface area contributed by atoms with Crippen LogP contribution in [-0.4, -0.2) is 26.0 Å². The van der Waals surface area contributed by atoms with Crippen molar-refractivity contribution in [1.82, 2.24) is 0 Å². The lowest BCUT2D eigenvalue weighted by Gasteiger charge is -2.13. The van der Waals surface area contributed by atoms with Crippen molar-refractivity contribution in [3.8, 4) is 0 Å². The third-order valence-electron chi connectivity index (χ3n) is 2.47. The van der Waals surface area contributed by atoms with Gasteiger partial charge in [0.05, 0.1) is 22.2 Å². The molecule has 0 amide bonds. The summed E-state index contributed by atoms with van der Waals surface area (Å²) in [6, 6.07) is 7.35. The van der Waals surface area contributed by atoms with Gasteiger partial charge in [-0.25, -0.2) is 8.42 Å². The summed E-state index contributed by atoms with van der Waals surface area (Å²) in [6.07, 6.45) is 0.660. The molecule has 1 aromatic carbocycles. The van der Waals surface area contributed by atoms with Crippen LogP contribution >= 0.6 is 11.6 Å². The molecule has 1 saturated heterocycles. The molecule has 1 N–H and O–H groups in total. The highest BCUT2D eigenvalue weighted by molar-refractivity contribution is 7.91. The van der Waals surface area contributed by atoms with E-state index in [1.165, 1.54) is 0 Å². The summed E-state index contributed by atoms with van der Waals surface area (Å²) in [5.74, 6) is 0.480. The zero-order valence-electron chi connectivity index (χ0n) is 8.11. The fourth-order valence-corrected chi connectivity index (χ4v) is 3.57. The molecule has 0 radical (unpaired) electrons. The van der Waals surface area contributed by atoms with Crippen LogP contribution in [0.25, 0.3) is 0 Å². The average molecular weight is 246 g/mol. The molecule has 0 spiro atoms. The monoisotopic (exact) mass is 245 g/mol. The molecule has 1 heterocycles. The Hall–Kier alpha value is -0.740. The summed E-state index contributed by atoms with van der Waals surface area (Å²) in [5.41, 5.74) is 0.807. The minimum absolute atomic E-state index is 0.00472. The van der Waals surface area contributed by atoms with Gasteiger partial charge in [0.1, 0.15) is 0 Å². The lowest BCUT2D eigenvalue weighted by atomic mass is 10.2. The van der Waals surface area contributed by atoms with E-state index in [-0.39, 0.29) is 17.5 Å². The van der Waals surface area contributed by atoms with Crippen molar-refractivity contribution in [2.45, 2.75) is 12.5 Å². The summed E-state index contributed by atoms with van der Waals surface area (Å²) in [4.78, 5) is 0. The van der Waals surface area contributed by atoms with Crippen molar-refractivity contribution in [3.63, 3.8) is 0 Å². The molecule has 0 saturated carbocycles. The van der Waals surface area contributed by atoms with Gasteiger partial charge >= 0.3 is 0 Å². The first-order chi connectivity index (χ1) is 7.07. The van der Waals surface area contributed by atoms with Crippen LogP contribution in [0.15, 0.2) is 24.3 Å². The molecule has 3 nitrogen and oxygen atoms in total. The number of hydrogen-bond donors (Lipinski definition) is 1. The van der Waals surface area contributed by atoms with Gasteiger partial charge in [0, 0.05) is 6.04 Å². The van der Waals surface area contributed by atoms with Crippen molar-refractivity contribution < 1.29 is 8.42 Å². The van der Waals surface area contributed by atoms with Crippen LogP contribution in [-0.2, 0) is 9.84 Å². The van der Waals surface area contributed by atoms with E-state index in [2.05, 4.69) is 5.32 Å². The topological polar surface area (TPSA) is 46.2 Å². The van der Waals surface area contributed by atoms with Gasteiger partial charge in [0.15, 0.2) is 9.84 Å². The van der Waals surface area contributed by atoms with Gasteiger partial charge in [0.2, 0.25) is 0 Å². The van der Waals surface area contributed by atoms with Crippen molar-refractivity contribution >= 4 is 27.1 Å². The first-order valence-corrected chi connectivity index (χ1v) is 6.98. The molecule has 1 fully saturated rings. The van der Waals surface area contributed by atoms with Gasteiger partial charge in [0.25, 0.3) is 0 Å². The summed E-state index contributed by atoms with van der Waals surface area (Å²) in [7, 11) is -2.83. The Kier molecular flexibility index (Phi) is 2.89. The standard InChI is InChI=1S/C10H12ClNO2S/c11-9-3-1-2-4-10(9)12-8-5-6-15(13,14)7-8/h1-4,8,12H,5-7H2. The zero-order chi connectivity index (χ0) is 10.9. The van der Waals surface area contributed by atoms with Gasteiger partial charge in [-0.15, -0.1) is 0 Å². The highest BCUT2D eigenvalue weighted by Gasteiger charge is 2.27. The van der Waals surface area contributed by atoms with Crippen LogP contribution in [0.2, 0.25) is 5.02 Å². The maximum atomic E-state index is 11.2. The van der Waals surface area contributed by atoms with E-state index in [0.717, 1.165) is 5.69 Å². The molecular formula is C10H12ClNO2S. The van der Waals surface area contributed by atoms with Gasteiger partial charge in [-0.2, -0.15) is 0 Å². The van der Waals surface area contributed by atoms with E-state index in [1.807, 2.05) is 18.2 Å². The summed E-state index contributed by atoms with van der Waals surface area (Å²) < 4.78 is 22.5. The molecule has 82 valence electrons. The fraction of sp³-hybridized carbons (Fsp3) is 0.400. The van der Waals surface area contributed by atoms with Crippen LogP contribution in [0.5, 0.6) is 0 Å². The third-order valence-corrected chi connectivity index (χ3v) is 4.56. The van der Waals surface area contributed by atoms with Crippen molar-refractivity contribution in [1.29, 1.82) is 0 Å². The predicted molar refractivity (Wildman–Crippen MR) is 62.1 cm³/mol. The van der Waals surface area contributed by atoms with E-state index in [4.69, 9.17) is 11.6 Å². The Balaban J connectivity index is 2.08. The number of halogens is 1. The van der Waals surface area contributed by atoms with Gasteiger partial charge in [-0.05, 0) is 18.6 Å². The molecular weight excluding hydrogens is 234 g/mol. The molecule has 1 aliphatic rings. The molecule has 1 atom stereocenters. The maximum absolute atomic E-state index is 11.2. The van der Waals surface area contributed by atoms with Gasteiger partial charge in [-0.1, -0.05) is 23.7 Å². The minimum Gasteiger partial charge on any atom is -0.380 e.